The molecular formula is C15H14Cl2O4. The minimum absolute atomic E-state index is 0.0366. The summed E-state index contributed by atoms with van der Waals surface area (Å²) in [5.41, 5.74) is 0.969. The van der Waals surface area contributed by atoms with E-state index in [2.05, 4.69) is 6.58 Å². The third-order valence-electron chi connectivity index (χ3n) is 2.51. The predicted octanol–water partition coefficient (Wildman–Crippen LogP) is 3.97. The van der Waals surface area contributed by atoms with Crippen LogP contribution >= 0.6 is 23.2 Å². The Kier molecular flexibility index (Phi) is 6.46. The molecule has 21 heavy (non-hydrogen) atoms. The zero-order chi connectivity index (χ0) is 16.0. The molecule has 1 N–H and O–H groups in total. The average Bonchev–Trinajstić information content (AvgIpc) is 2.41. The molecule has 1 aromatic carbocycles. The second kappa shape index (κ2) is 7.86. The van der Waals surface area contributed by atoms with E-state index in [0.717, 1.165) is 0 Å². The van der Waals surface area contributed by atoms with Crippen LogP contribution in [0.2, 0.25) is 10.0 Å². The summed E-state index contributed by atoms with van der Waals surface area (Å²) in [6, 6.07) is 4.79. The fourth-order valence-electron chi connectivity index (χ4n) is 1.42. The molecule has 0 amide bonds. The van der Waals surface area contributed by atoms with Crippen LogP contribution in [0.25, 0.3) is 6.08 Å². The molecule has 0 aliphatic rings. The van der Waals surface area contributed by atoms with E-state index in [-0.39, 0.29) is 24.2 Å². The summed E-state index contributed by atoms with van der Waals surface area (Å²) in [6.07, 6.45) is 1.54. The Balaban J connectivity index is 2.79. The number of benzene rings is 1. The Morgan fingerprint density at radius 3 is 2.52 bits per heavy atom. The van der Waals surface area contributed by atoms with E-state index < -0.39 is 11.9 Å². The molecule has 1 rings (SSSR count). The Labute approximate surface area is 132 Å². The minimum atomic E-state index is -1.09. The summed E-state index contributed by atoms with van der Waals surface area (Å²) in [5, 5.41) is 9.87. The molecule has 1 aromatic rings. The lowest BCUT2D eigenvalue weighted by atomic mass is 10.1. The topological polar surface area (TPSA) is 63.6 Å². The molecule has 0 atom stereocenters. The first-order valence-electron chi connectivity index (χ1n) is 6.03. The third-order valence-corrected chi connectivity index (χ3v) is 3.25. The van der Waals surface area contributed by atoms with Crippen molar-refractivity contribution in [2.75, 3.05) is 6.61 Å². The van der Waals surface area contributed by atoms with Crippen LogP contribution in [0.15, 0.2) is 35.9 Å². The van der Waals surface area contributed by atoms with Gasteiger partial charge in [-0.1, -0.05) is 35.8 Å². The Morgan fingerprint density at radius 2 is 2.00 bits per heavy atom. The number of halogens is 2. The van der Waals surface area contributed by atoms with Crippen molar-refractivity contribution < 1.29 is 19.4 Å². The van der Waals surface area contributed by atoms with Crippen molar-refractivity contribution >= 4 is 41.2 Å². The number of aliphatic carboxylic acids is 1. The van der Waals surface area contributed by atoms with E-state index in [1.165, 1.54) is 13.0 Å². The minimum Gasteiger partial charge on any atom is -0.478 e. The molecule has 0 aliphatic carbocycles. The standard InChI is InChI=1S/C15H14Cl2O4/c1-9(2)15(20)21-6-5-11(14(18)19)7-10-3-4-12(16)13(17)8-10/h3-4,7-8H,1,5-6H2,2H3,(H,18,19). The maximum atomic E-state index is 11.2. The van der Waals surface area contributed by atoms with Crippen molar-refractivity contribution in [3.63, 3.8) is 0 Å². The van der Waals surface area contributed by atoms with Gasteiger partial charge in [0, 0.05) is 17.6 Å². The predicted molar refractivity (Wildman–Crippen MR) is 82.5 cm³/mol. The van der Waals surface area contributed by atoms with Crippen LogP contribution in [0.5, 0.6) is 0 Å². The molecular weight excluding hydrogens is 315 g/mol. The van der Waals surface area contributed by atoms with Gasteiger partial charge in [-0.05, 0) is 30.7 Å². The first-order chi connectivity index (χ1) is 9.81. The van der Waals surface area contributed by atoms with Crippen molar-refractivity contribution in [2.45, 2.75) is 13.3 Å². The molecule has 0 radical (unpaired) electrons. The average molecular weight is 329 g/mol. The Morgan fingerprint density at radius 1 is 1.33 bits per heavy atom. The molecule has 0 spiro atoms. The van der Waals surface area contributed by atoms with Gasteiger partial charge in [0.05, 0.1) is 16.7 Å². The van der Waals surface area contributed by atoms with Gasteiger partial charge >= 0.3 is 11.9 Å². The number of hydrogen-bond donors (Lipinski definition) is 1. The number of ether oxygens (including phenoxy) is 1. The molecule has 0 saturated carbocycles. The van der Waals surface area contributed by atoms with Crippen LogP contribution < -0.4 is 0 Å². The zero-order valence-electron chi connectivity index (χ0n) is 11.4. The number of carboxylic acid groups (broad SMARTS) is 1. The fraction of sp³-hybridized carbons (Fsp3) is 0.200. The molecule has 0 saturated heterocycles. The summed E-state index contributed by atoms with van der Waals surface area (Å²) in [5.74, 6) is -1.64. The van der Waals surface area contributed by atoms with E-state index >= 15 is 0 Å². The van der Waals surface area contributed by atoms with Crippen LogP contribution in [0.1, 0.15) is 18.9 Å². The van der Waals surface area contributed by atoms with Gasteiger partial charge in [-0.3, -0.25) is 0 Å². The number of rotatable bonds is 6. The smallest absolute Gasteiger partial charge is 0.333 e. The van der Waals surface area contributed by atoms with Crippen LogP contribution in [0.3, 0.4) is 0 Å². The molecule has 112 valence electrons. The first kappa shape index (κ1) is 17.3. The highest BCUT2D eigenvalue weighted by molar-refractivity contribution is 6.42. The summed E-state index contributed by atoms with van der Waals surface area (Å²) >= 11 is 11.7. The quantitative estimate of drug-likeness (QED) is 0.633. The second-order valence-electron chi connectivity index (χ2n) is 4.31. The monoisotopic (exact) mass is 328 g/mol. The van der Waals surface area contributed by atoms with Gasteiger partial charge in [0.25, 0.3) is 0 Å². The Hall–Kier alpha value is -1.78. The second-order valence-corrected chi connectivity index (χ2v) is 5.13. The number of carbonyl (C=O) groups excluding carboxylic acids is 1. The van der Waals surface area contributed by atoms with E-state index in [4.69, 9.17) is 33.0 Å². The van der Waals surface area contributed by atoms with Crippen molar-refractivity contribution in [1.82, 2.24) is 0 Å². The maximum absolute atomic E-state index is 11.2. The van der Waals surface area contributed by atoms with Gasteiger partial charge in [0.1, 0.15) is 0 Å². The number of hydrogen-bond acceptors (Lipinski definition) is 3. The number of carbonyl (C=O) groups is 2. The fourth-order valence-corrected chi connectivity index (χ4v) is 1.73. The summed E-state index contributed by atoms with van der Waals surface area (Å²) < 4.78 is 4.87. The highest BCUT2D eigenvalue weighted by Crippen LogP contribution is 2.24. The van der Waals surface area contributed by atoms with Crippen molar-refractivity contribution in [3.05, 3.63) is 51.5 Å². The van der Waals surface area contributed by atoms with Gasteiger partial charge in [0.15, 0.2) is 0 Å². The lowest BCUT2D eigenvalue weighted by molar-refractivity contribution is -0.139. The van der Waals surface area contributed by atoms with Gasteiger partial charge in [-0.15, -0.1) is 0 Å². The van der Waals surface area contributed by atoms with Crippen molar-refractivity contribution in [1.29, 1.82) is 0 Å². The molecule has 0 unspecified atom stereocenters. The molecule has 0 fully saturated rings. The van der Waals surface area contributed by atoms with E-state index in [0.29, 0.717) is 15.6 Å². The third kappa shape index (κ3) is 5.61. The lowest BCUT2D eigenvalue weighted by Crippen LogP contribution is -2.09. The van der Waals surface area contributed by atoms with Crippen LogP contribution in [0.4, 0.5) is 0 Å². The van der Waals surface area contributed by atoms with Gasteiger partial charge in [-0.2, -0.15) is 0 Å². The Bertz CT molecular complexity index is 606. The van der Waals surface area contributed by atoms with Gasteiger partial charge in [-0.25, -0.2) is 9.59 Å². The van der Waals surface area contributed by atoms with Crippen LogP contribution in [0, 0.1) is 0 Å². The SMILES string of the molecule is C=C(C)C(=O)OCCC(=Cc1ccc(Cl)c(Cl)c1)C(=O)O. The highest BCUT2D eigenvalue weighted by atomic mass is 35.5. The lowest BCUT2D eigenvalue weighted by Gasteiger charge is -2.06. The maximum Gasteiger partial charge on any atom is 0.333 e. The normalized spacial score (nSPS) is 11.1. The van der Waals surface area contributed by atoms with Gasteiger partial charge < -0.3 is 9.84 Å². The van der Waals surface area contributed by atoms with Crippen LogP contribution in [-0.2, 0) is 14.3 Å². The summed E-state index contributed by atoms with van der Waals surface area (Å²) in [4.78, 5) is 22.4. The molecule has 4 nitrogen and oxygen atoms in total. The molecule has 0 aromatic heterocycles. The van der Waals surface area contributed by atoms with Crippen LogP contribution in [-0.4, -0.2) is 23.7 Å². The largest absolute Gasteiger partial charge is 0.478 e. The molecule has 0 aliphatic heterocycles. The summed E-state index contributed by atoms with van der Waals surface area (Å²) in [6.45, 7) is 4.92. The van der Waals surface area contributed by atoms with E-state index in [1.54, 1.807) is 18.2 Å². The molecule has 6 heteroatoms. The zero-order valence-corrected chi connectivity index (χ0v) is 12.9. The van der Waals surface area contributed by atoms with Crippen molar-refractivity contribution in [3.8, 4) is 0 Å². The van der Waals surface area contributed by atoms with E-state index in [1.807, 2.05) is 0 Å². The van der Waals surface area contributed by atoms with Gasteiger partial charge in [0.2, 0.25) is 0 Å². The van der Waals surface area contributed by atoms with E-state index in [9.17, 15) is 9.59 Å². The summed E-state index contributed by atoms with van der Waals surface area (Å²) in [7, 11) is 0. The molecule has 0 bridgehead atoms. The number of esters is 1. The first-order valence-corrected chi connectivity index (χ1v) is 6.78. The highest BCUT2D eigenvalue weighted by Gasteiger charge is 2.10. The number of carboxylic acids is 1. The molecule has 0 heterocycles. The van der Waals surface area contributed by atoms with Crippen molar-refractivity contribution in [2.24, 2.45) is 0 Å².